The summed E-state index contributed by atoms with van der Waals surface area (Å²) in [6, 6.07) is 17.9. The molecule has 0 unspecified atom stereocenters. The lowest BCUT2D eigenvalue weighted by atomic mass is 9.82. The largest absolute Gasteiger partial charge is 0.488 e. The summed E-state index contributed by atoms with van der Waals surface area (Å²) in [5, 5.41) is 3.64. The van der Waals surface area contributed by atoms with Crippen LogP contribution in [0.5, 0.6) is 5.75 Å². The zero-order valence-electron chi connectivity index (χ0n) is 25.6. The van der Waals surface area contributed by atoms with Crippen molar-refractivity contribution in [3.8, 4) is 5.75 Å². The average molecular weight is 618 g/mol. The molecule has 2 amide bonds. The number of hydrogen-bond donors (Lipinski definition) is 1. The molecule has 45 heavy (non-hydrogen) atoms. The van der Waals surface area contributed by atoms with E-state index in [0.717, 1.165) is 58.4 Å². The molecule has 6 rings (SSSR count). The van der Waals surface area contributed by atoms with Gasteiger partial charge in [-0.25, -0.2) is 8.78 Å². The SMILES string of the molecule is CC(=O)N1C[C@H]2CC(c3ccc(CCCOc4c(F)ccc(F)c4F)cc3)=C(C(=O)N(Cc3cccc(C)c3)C3CC3)[C@@H](C1)N2. The number of nitrogens with zero attached hydrogens (tertiary/aromatic N) is 2. The quantitative estimate of drug-likeness (QED) is 0.225. The second-order valence-corrected chi connectivity index (χ2v) is 12.4. The molecule has 0 aromatic heterocycles. The molecule has 0 radical (unpaired) electrons. The highest BCUT2D eigenvalue weighted by Gasteiger charge is 2.43. The van der Waals surface area contributed by atoms with Crippen LogP contribution >= 0.6 is 0 Å². The smallest absolute Gasteiger partial charge is 0.252 e. The summed E-state index contributed by atoms with van der Waals surface area (Å²) in [4.78, 5) is 30.7. The first-order chi connectivity index (χ1) is 21.7. The second kappa shape index (κ2) is 13.1. The molecule has 236 valence electrons. The van der Waals surface area contributed by atoms with E-state index in [0.29, 0.717) is 38.9 Å². The molecule has 1 aliphatic carbocycles. The number of rotatable bonds is 10. The predicted molar refractivity (Wildman–Crippen MR) is 166 cm³/mol. The lowest BCUT2D eigenvalue weighted by Crippen LogP contribution is -2.61. The zero-order chi connectivity index (χ0) is 31.7. The van der Waals surface area contributed by atoms with Crippen LogP contribution in [0.2, 0.25) is 0 Å². The Morgan fingerprint density at radius 2 is 1.73 bits per heavy atom. The van der Waals surface area contributed by atoms with E-state index in [1.807, 2.05) is 40.1 Å². The predicted octanol–water partition coefficient (Wildman–Crippen LogP) is 5.96. The van der Waals surface area contributed by atoms with Crippen molar-refractivity contribution >= 4 is 17.4 Å². The van der Waals surface area contributed by atoms with Crippen LogP contribution in [0, 0.1) is 24.4 Å². The Balaban J connectivity index is 1.22. The van der Waals surface area contributed by atoms with Gasteiger partial charge >= 0.3 is 0 Å². The third kappa shape index (κ3) is 6.93. The van der Waals surface area contributed by atoms with Crippen LogP contribution in [-0.2, 0) is 22.6 Å². The molecule has 2 heterocycles. The highest BCUT2D eigenvalue weighted by atomic mass is 19.2. The van der Waals surface area contributed by atoms with Gasteiger partial charge < -0.3 is 19.9 Å². The van der Waals surface area contributed by atoms with Crippen LogP contribution < -0.4 is 10.1 Å². The van der Waals surface area contributed by atoms with Crippen LogP contribution in [0.1, 0.15) is 54.9 Å². The molecule has 2 aliphatic heterocycles. The number of amides is 2. The summed E-state index contributed by atoms with van der Waals surface area (Å²) in [6.45, 7) is 5.25. The number of benzene rings is 3. The van der Waals surface area contributed by atoms with Crippen molar-refractivity contribution in [2.75, 3.05) is 19.7 Å². The summed E-state index contributed by atoms with van der Waals surface area (Å²) in [5.41, 5.74) is 5.98. The number of aryl methyl sites for hydroxylation is 2. The fourth-order valence-electron chi connectivity index (χ4n) is 6.50. The summed E-state index contributed by atoms with van der Waals surface area (Å²) in [7, 11) is 0. The molecule has 3 aromatic rings. The molecule has 6 nitrogen and oxygen atoms in total. The number of fused-ring (bicyclic) bond motifs is 2. The van der Waals surface area contributed by atoms with Crippen molar-refractivity contribution in [3.63, 3.8) is 0 Å². The molecule has 1 saturated carbocycles. The fraction of sp³-hybridized carbons (Fsp3) is 0.389. The number of nitrogens with one attached hydrogen (secondary N) is 1. The topological polar surface area (TPSA) is 61.9 Å². The van der Waals surface area contributed by atoms with Crippen LogP contribution in [0.25, 0.3) is 5.57 Å². The van der Waals surface area contributed by atoms with Gasteiger partial charge in [0.25, 0.3) is 5.91 Å². The van der Waals surface area contributed by atoms with Crippen LogP contribution in [-0.4, -0.2) is 59.4 Å². The maximum absolute atomic E-state index is 14.5. The molecule has 2 atom stereocenters. The second-order valence-electron chi connectivity index (χ2n) is 12.4. The summed E-state index contributed by atoms with van der Waals surface area (Å²) in [5.74, 6) is -4.08. The summed E-state index contributed by atoms with van der Waals surface area (Å²) in [6.07, 6.45) is 3.67. The lowest BCUT2D eigenvalue weighted by molar-refractivity contribution is -0.132. The molecule has 3 aliphatic rings. The lowest BCUT2D eigenvalue weighted by Gasteiger charge is -2.44. The minimum absolute atomic E-state index is 0.0109. The van der Waals surface area contributed by atoms with Gasteiger partial charge in [0, 0.05) is 44.2 Å². The third-order valence-corrected chi connectivity index (χ3v) is 8.92. The molecule has 0 spiro atoms. The Morgan fingerprint density at radius 1 is 0.978 bits per heavy atom. The van der Waals surface area contributed by atoms with Crippen molar-refractivity contribution < 1.29 is 27.5 Å². The molecular formula is C36H38F3N3O3. The molecule has 1 saturated heterocycles. The minimum Gasteiger partial charge on any atom is -0.488 e. The molecule has 2 bridgehead atoms. The van der Waals surface area contributed by atoms with Gasteiger partial charge in [0.15, 0.2) is 17.4 Å². The Kier molecular flexibility index (Phi) is 8.99. The molecular weight excluding hydrogens is 579 g/mol. The number of carbonyl (C=O) groups is 2. The van der Waals surface area contributed by atoms with Crippen LogP contribution in [0.4, 0.5) is 13.2 Å². The van der Waals surface area contributed by atoms with Crippen molar-refractivity contribution in [1.29, 1.82) is 0 Å². The van der Waals surface area contributed by atoms with Crippen molar-refractivity contribution in [2.45, 2.75) is 70.6 Å². The number of carbonyl (C=O) groups excluding carboxylic acids is 2. The maximum Gasteiger partial charge on any atom is 0.252 e. The Labute approximate surface area is 261 Å². The summed E-state index contributed by atoms with van der Waals surface area (Å²) < 4.78 is 46.4. The number of hydrogen-bond acceptors (Lipinski definition) is 4. The fourth-order valence-corrected chi connectivity index (χ4v) is 6.50. The molecule has 1 N–H and O–H groups in total. The van der Waals surface area contributed by atoms with Gasteiger partial charge in [-0.05, 0) is 73.4 Å². The first-order valence-electron chi connectivity index (χ1n) is 15.6. The molecule has 3 aromatic carbocycles. The molecule has 2 fully saturated rings. The van der Waals surface area contributed by atoms with Gasteiger partial charge in [0.1, 0.15) is 0 Å². The van der Waals surface area contributed by atoms with E-state index < -0.39 is 23.2 Å². The zero-order valence-corrected chi connectivity index (χ0v) is 25.6. The standard InChI is InChI=1S/C36H38F3N3O3/c1-22-5-3-6-25(17-22)19-42(28-12-13-28)36(44)33-29(18-27-20-41(23(2)43)21-32(33)40-27)26-10-8-24(9-11-26)7-4-16-45-35-31(38)15-14-30(37)34(35)39/h3,5-6,8-11,14-15,17,27-28,32,40H,4,7,12-13,16,18-21H2,1-2H3/t27-,32-/m1/s1. The van der Waals surface area contributed by atoms with Gasteiger partial charge in [-0.2, -0.15) is 4.39 Å². The van der Waals surface area contributed by atoms with E-state index in [4.69, 9.17) is 4.74 Å². The first kappa shape index (κ1) is 30.9. The van der Waals surface area contributed by atoms with Gasteiger partial charge in [0.2, 0.25) is 11.7 Å². The third-order valence-electron chi connectivity index (χ3n) is 8.92. The van der Waals surface area contributed by atoms with Crippen LogP contribution in [0.15, 0.2) is 66.2 Å². The van der Waals surface area contributed by atoms with Gasteiger partial charge in [-0.1, -0.05) is 54.1 Å². The van der Waals surface area contributed by atoms with Crippen LogP contribution in [0.3, 0.4) is 0 Å². The normalized spacial score (nSPS) is 19.4. The van der Waals surface area contributed by atoms with E-state index in [1.54, 1.807) is 6.92 Å². The maximum atomic E-state index is 14.5. The summed E-state index contributed by atoms with van der Waals surface area (Å²) >= 11 is 0. The Bertz CT molecular complexity index is 1620. The highest BCUT2D eigenvalue weighted by molar-refractivity contribution is 6.03. The first-order valence-corrected chi connectivity index (χ1v) is 15.6. The molecule has 9 heteroatoms. The van der Waals surface area contributed by atoms with E-state index in [9.17, 15) is 22.8 Å². The number of halogens is 3. The minimum atomic E-state index is -1.32. The van der Waals surface area contributed by atoms with E-state index in [1.165, 1.54) is 0 Å². The monoisotopic (exact) mass is 617 g/mol. The van der Waals surface area contributed by atoms with E-state index in [-0.39, 0.29) is 36.5 Å². The highest BCUT2D eigenvalue weighted by Crippen LogP contribution is 2.37. The Morgan fingerprint density at radius 3 is 2.44 bits per heavy atom. The van der Waals surface area contributed by atoms with Gasteiger partial charge in [0.05, 0.1) is 12.6 Å². The Hall–Kier alpha value is -4.11. The van der Waals surface area contributed by atoms with Crippen molar-refractivity contribution in [1.82, 2.24) is 15.1 Å². The van der Waals surface area contributed by atoms with Gasteiger partial charge in [-0.3, -0.25) is 9.59 Å². The van der Waals surface area contributed by atoms with Crippen molar-refractivity contribution in [3.05, 3.63) is 106 Å². The number of piperazine rings is 1. The van der Waals surface area contributed by atoms with Crippen molar-refractivity contribution in [2.24, 2.45) is 0 Å². The van der Waals surface area contributed by atoms with E-state index in [2.05, 4.69) is 30.4 Å². The van der Waals surface area contributed by atoms with Gasteiger partial charge in [-0.15, -0.1) is 0 Å². The number of ether oxygens (including phenoxy) is 1. The average Bonchev–Trinajstić information content (AvgIpc) is 3.86. The van der Waals surface area contributed by atoms with E-state index >= 15 is 0 Å².